The fraction of sp³-hybridized carbons (Fsp3) is 0.333. The van der Waals surface area contributed by atoms with Crippen LogP contribution < -0.4 is 9.62 Å². The minimum Gasteiger partial charge on any atom is -0.352 e. The first-order valence-electron chi connectivity index (χ1n) is 13.2. The Bertz CT molecular complexity index is 1430. The number of nitrogens with zero attached hydrogens (tertiary/aromatic N) is 2. The van der Waals surface area contributed by atoms with Crippen LogP contribution in [0.3, 0.4) is 0 Å². The van der Waals surface area contributed by atoms with Crippen molar-refractivity contribution in [2.24, 2.45) is 0 Å². The predicted molar refractivity (Wildman–Crippen MR) is 163 cm³/mol. The molecule has 3 aromatic rings. The topological polar surface area (TPSA) is 86.8 Å². The summed E-state index contributed by atoms with van der Waals surface area (Å²) in [6, 6.07) is 22.7. The zero-order chi connectivity index (χ0) is 28.7. The summed E-state index contributed by atoms with van der Waals surface area (Å²) in [7, 11) is -3.88. The predicted octanol–water partition coefficient (Wildman–Crippen LogP) is 5.57. The summed E-state index contributed by atoms with van der Waals surface area (Å²) in [6.07, 6.45) is 5.22. The van der Waals surface area contributed by atoms with E-state index in [-0.39, 0.29) is 35.6 Å². The van der Waals surface area contributed by atoms with E-state index in [0.717, 1.165) is 51.8 Å². The molecule has 0 heterocycles. The third kappa shape index (κ3) is 8.08. The molecule has 0 aliphatic heterocycles. The highest BCUT2D eigenvalue weighted by Gasteiger charge is 2.34. The van der Waals surface area contributed by atoms with E-state index < -0.39 is 28.5 Å². The Balaban J connectivity index is 1.73. The van der Waals surface area contributed by atoms with Crippen molar-refractivity contribution in [1.82, 2.24) is 10.2 Å². The molecule has 1 unspecified atom stereocenters. The average Bonchev–Trinajstić information content (AvgIpc) is 3.43. The number of nitrogens with one attached hydrogen (secondary N) is 1. The Morgan fingerprint density at radius 2 is 1.62 bits per heavy atom. The van der Waals surface area contributed by atoms with Crippen LogP contribution in [0.5, 0.6) is 0 Å². The molecule has 0 radical (unpaired) electrons. The largest absolute Gasteiger partial charge is 0.352 e. The fourth-order valence-corrected chi connectivity index (χ4v) is 6.60. The molecule has 40 heavy (non-hydrogen) atoms. The molecule has 0 bridgehead atoms. The van der Waals surface area contributed by atoms with Crippen LogP contribution in [0.4, 0.5) is 5.69 Å². The summed E-state index contributed by atoms with van der Waals surface area (Å²) in [5.74, 6) is -0.754. The van der Waals surface area contributed by atoms with E-state index in [2.05, 4.69) is 21.2 Å². The normalized spacial score (nSPS) is 14.5. The number of benzene rings is 3. The Labute approximate surface area is 249 Å². The number of sulfonamides is 1. The van der Waals surface area contributed by atoms with Gasteiger partial charge in [-0.3, -0.25) is 13.9 Å². The van der Waals surface area contributed by atoms with Crippen molar-refractivity contribution < 1.29 is 18.0 Å². The van der Waals surface area contributed by atoms with E-state index in [4.69, 9.17) is 11.6 Å². The number of rotatable bonds is 11. The fourth-order valence-electron chi connectivity index (χ4n) is 5.00. The van der Waals surface area contributed by atoms with Gasteiger partial charge in [0, 0.05) is 23.5 Å². The van der Waals surface area contributed by atoms with Crippen LogP contribution in [-0.2, 0) is 32.6 Å². The third-order valence-corrected chi connectivity index (χ3v) is 8.95. The standard InChI is InChI=1S/C30H33BrClN3O4S/c1-40(38,39)35(27-17-8-7-16-26(27)32)21-29(36)34(20-23-12-9-13-24(31)18-23)28(19-22-10-3-2-4-11-22)30(37)33-25-14-5-6-15-25/h2-4,7-13,16-18,25,28H,5-6,14-15,19-21H2,1H3,(H,33,37). The van der Waals surface area contributed by atoms with Gasteiger partial charge in [0.05, 0.1) is 17.0 Å². The second-order valence-electron chi connectivity index (χ2n) is 10.1. The van der Waals surface area contributed by atoms with Crippen LogP contribution in [0.1, 0.15) is 36.8 Å². The molecule has 1 fully saturated rings. The van der Waals surface area contributed by atoms with Gasteiger partial charge in [-0.05, 0) is 48.2 Å². The molecule has 2 amide bonds. The number of anilines is 1. The minimum absolute atomic E-state index is 0.0595. The molecule has 212 valence electrons. The summed E-state index contributed by atoms with van der Waals surface area (Å²) >= 11 is 9.84. The van der Waals surface area contributed by atoms with Crippen LogP contribution >= 0.6 is 27.5 Å². The monoisotopic (exact) mass is 645 g/mol. The molecule has 0 aromatic heterocycles. The van der Waals surface area contributed by atoms with Crippen molar-refractivity contribution >= 4 is 55.1 Å². The van der Waals surface area contributed by atoms with Gasteiger partial charge >= 0.3 is 0 Å². The molecule has 1 N–H and O–H groups in total. The third-order valence-electron chi connectivity index (χ3n) is 7.01. The molecule has 1 saturated carbocycles. The van der Waals surface area contributed by atoms with Gasteiger partial charge in [-0.1, -0.05) is 95.0 Å². The van der Waals surface area contributed by atoms with Crippen molar-refractivity contribution in [1.29, 1.82) is 0 Å². The summed E-state index contributed by atoms with van der Waals surface area (Å²) in [5.41, 5.74) is 1.91. The number of hydrogen-bond acceptors (Lipinski definition) is 4. The molecule has 1 aliphatic carbocycles. The zero-order valence-electron chi connectivity index (χ0n) is 22.3. The highest BCUT2D eigenvalue weighted by molar-refractivity contribution is 9.10. The van der Waals surface area contributed by atoms with E-state index in [1.54, 1.807) is 24.3 Å². The number of amides is 2. The number of hydrogen-bond donors (Lipinski definition) is 1. The first kappa shape index (κ1) is 30.1. The van der Waals surface area contributed by atoms with Crippen LogP contribution in [0.25, 0.3) is 0 Å². The lowest BCUT2D eigenvalue weighted by Crippen LogP contribution is -2.54. The Hall–Kier alpha value is -2.88. The van der Waals surface area contributed by atoms with Crippen molar-refractivity contribution in [3.05, 3.63) is 99.5 Å². The Kier molecular flexibility index (Phi) is 10.3. The van der Waals surface area contributed by atoms with Crippen molar-refractivity contribution in [3.63, 3.8) is 0 Å². The molecule has 0 saturated heterocycles. The SMILES string of the molecule is CS(=O)(=O)N(CC(=O)N(Cc1cccc(Br)c1)C(Cc1ccccc1)C(=O)NC1CCCC1)c1ccccc1Cl. The summed E-state index contributed by atoms with van der Waals surface area (Å²) in [4.78, 5) is 29.5. The second kappa shape index (κ2) is 13.7. The van der Waals surface area contributed by atoms with Gasteiger partial charge in [0.25, 0.3) is 0 Å². The van der Waals surface area contributed by atoms with Gasteiger partial charge in [0.1, 0.15) is 12.6 Å². The maximum absolute atomic E-state index is 14.1. The molecule has 3 aromatic carbocycles. The van der Waals surface area contributed by atoms with Crippen LogP contribution in [0.15, 0.2) is 83.3 Å². The van der Waals surface area contributed by atoms with Crippen LogP contribution in [0, 0.1) is 0 Å². The highest BCUT2D eigenvalue weighted by atomic mass is 79.9. The van der Waals surface area contributed by atoms with Crippen molar-refractivity contribution in [3.8, 4) is 0 Å². The molecular formula is C30H33BrClN3O4S. The molecule has 1 aliphatic rings. The van der Waals surface area contributed by atoms with Crippen LogP contribution in [0.2, 0.25) is 5.02 Å². The first-order valence-corrected chi connectivity index (χ1v) is 16.2. The average molecular weight is 647 g/mol. The zero-order valence-corrected chi connectivity index (χ0v) is 25.5. The summed E-state index contributed by atoms with van der Waals surface area (Å²) in [6.45, 7) is -0.382. The Morgan fingerprint density at radius 3 is 2.27 bits per heavy atom. The van der Waals surface area contributed by atoms with Gasteiger partial charge in [0.2, 0.25) is 21.8 Å². The Morgan fingerprint density at radius 1 is 0.975 bits per heavy atom. The lowest BCUT2D eigenvalue weighted by molar-refractivity contribution is -0.140. The van der Waals surface area contributed by atoms with E-state index in [0.29, 0.717) is 0 Å². The number of para-hydroxylation sites is 1. The molecule has 10 heteroatoms. The van der Waals surface area contributed by atoms with Crippen LogP contribution in [-0.4, -0.2) is 50.0 Å². The maximum atomic E-state index is 14.1. The van der Waals surface area contributed by atoms with Gasteiger partial charge in [-0.2, -0.15) is 0 Å². The van der Waals surface area contributed by atoms with E-state index in [1.807, 2.05) is 54.6 Å². The number of halogens is 2. The molecule has 7 nitrogen and oxygen atoms in total. The second-order valence-corrected chi connectivity index (χ2v) is 13.3. The number of carbonyl (C=O) groups excluding carboxylic acids is 2. The van der Waals surface area contributed by atoms with Gasteiger partial charge in [-0.15, -0.1) is 0 Å². The first-order chi connectivity index (χ1) is 19.1. The lowest BCUT2D eigenvalue weighted by atomic mass is 10.0. The van der Waals surface area contributed by atoms with Crippen molar-refractivity contribution in [2.45, 2.75) is 50.7 Å². The van der Waals surface area contributed by atoms with Gasteiger partial charge in [-0.25, -0.2) is 8.42 Å². The highest BCUT2D eigenvalue weighted by Crippen LogP contribution is 2.28. The van der Waals surface area contributed by atoms with E-state index in [9.17, 15) is 18.0 Å². The molecular weight excluding hydrogens is 614 g/mol. The van der Waals surface area contributed by atoms with E-state index in [1.165, 1.54) is 4.90 Å². The van der Waals surface area contributed by atoms with E-state index >= 15 is 0 Å². The summed E-state index contributed by atoms with van der Waals surface area (Å²) < 4.78 is 27.6. The minimum atomic E-state index is -3.88. The lowest BCUT2D eigenvalue weighted by Gasteiger charge is -2.34. The summed E-state index contributed by atoms with van der Waals surface area (Å²) in [5, 5.41) is 3.37. The maximum Gasteiger partial charge on any atom is 0.244 e. The van der Waals surface area contributed by atoms with Crippen molar-refractivity contribution in [2.75, 3.05) is 17.1 Å². The smallest absolute Gasteiger partial charge is 0.244 e. The molecule has 1 atom stereocenters. The van der Waals surface area contributed by atoms with Gasteiger partial charge in [0.15, 0.2) is 0 Å². The molecule has 0 spiro atoms. The quantitative estimate of drug-likeness (QED) is 0.295. The number of carbonyl (C=O) groups is 2. The molecule has 4 rings (SSSR count). The van der Waals surface area contributed by atoms with Gasteiger partial charge < -0.3 is 10.2 Å².